The van der Waals surface area contributed by atoms with Crippen molar-refractivity contribution in [2.75, 3.05) is 11.4 Å². The molecule has 3 rings (SSSR count). The van der Waals surface area contributed by atoms with Crippen molar-refractivity contribution >= 4 is 17.6 Å². The standard InChI is InChI=1S/C16H15NO4/c1-10-6-7-21-15(10)16(20)17-9-11(8-14(18)19)12-4-2-3-5-13(12)17/h2-7,11H,8-9H2,1H3,(H,18,19). The summed E-state index contributed by atoms with van der Waals surface area (Å²) >= 11 is 0. The molecule has 5 heteroatoms. The Kier molecular flexibility index (Phi) is 3.25. The molecule has 21 heavy (non-hydrogen) atoms. The summed E-state index contributed by atoms with van der Waals surface area (Å²) in [7, 11) is 0. The van der Waals surface area contributed by atoms with E-state index in [1.807, 2.05) is 31.2 Å². The van der Waals surface area contributed by atoms with Gasteiger partial charge in [0.25, 0.3) is 5.91 Å². The molecule has 0 aliphatic carbocycles. The van der Waals surface area contributed by atoms with E-state index < -0.39 is 5.97 Å². The Morgan fingerprint density at radius 2 is 2.10 bits per heavy atom. The second kappa shape index (κ2) is 5.09. The number of carboxylic acid groups (broad SMARTS) is 1. The third kappa shape index (κ3) is 2.31. The van der Waals surface area contributed by atoms with Crippen molar-refractivity contribution in [3.63, 3.8) is 0 Å². The summed E-state index contributed by atoms with van der Waals surface area (Å²) in [6.45, 7) is 2.18. The summed E-state index contributed by atoms with van der Waals surface area (Å²) in [6, 6.07) is 9.17. The number of para-hydroxylation sites is 1. The molecular formula is C16H15NO4. The minimum atomic E-state index is -0.863. The minimum absolute atomic E-state index is 0.0118. The van der Waals surface area contributed by atoms with Crippen LogP contribution in [0, 0.1) is 6.92 Å². The van der Waals surface area contributed by atoms with Gasteiger partial charge in [-0.15, -0.1) is 0 Å². The van der Waals surface area contributed by atoms with Gasteiger partial charge in [-0.1, -0.05) is 18.2 Å². The molecule has 1 aliphatic heterocycles. The molecule has 1 unspecified atom stereocenters. The fourth-order valence-corrected chi connectivity index (χ4v) is 2.79. The van der Waals surface area contributed by atoms with Crippen LogP contribution in [0.2, 0.25) is 0 Å². The lowest BCUT2D eigenvalue weighted by Crippen LogP contribution is -2.30. The second-order valence-electron chi connectivity index (χ2n) is 5.20. The van der Waals surface area contributed by atoms with E-state index in [2.05, 4.69) is 0 Å². The number of carbonyl (C=O) groups is 2. The van der Waals surface area contributed by atoms with Crippen molar-refractivity contribution in [3.05, 3.63) is 53.5 Å². The quantitative estimate of drug-likeness (QED) is 0.941. The van der Waals surface area contributed by atoms with Crippen LogP contribution in [0.4, 0.5) is 5.69 Å². The van der Waals surface area contributed by atoms with E-state index in [4.69, 9.17) is 9.52 Å². The molecule has 0 radical (unpaired) electrons. The van der Waals surface area contributed by atoms with Crippen LogP contribution in [-0.4, -0.2) is 23.5 Å². The number of carboxylic acids is 1. The summed E-state index contributed by atoms with van der Waals surface area (Å²) < 4.78 is 5.26. The number of furan rings is 1. The molecule has 1 amide bonds. The summed E-state index contributed by atoms with van der Waals surface area (Å²) in [4.78, 5) is 25.2. The van der Waals surface area contributed by atoms with Crippen LogP contribution in [0.3, 0.4) is 0 Å². The van der Waals surface area contributed by atoms with Gasteiger partial charge in [0.2, 0.25) is 0 Å². The Morgan fingerprint density at radius 3 is 2.76 bits per heavy atom. The largest absolute Gasteiger partial charge is 0.481 e. The number of rotatable bonds is 3. The van der Waals surface area contributed by atoms with Crippen molar-refractivity contribution in [2.45, 2.75) is 19.3 Å². The average Bonchev–Trinajstić information content (AvgIpc) is 3.02. The van der Waals surface area contributed by atoms with Gasteiger partial charge in [-0.3, -0.25) is 9.59 Å². The number of aliphatic carboxylic acids is 1. The smallest absolute Gasteiger partial charge is 0.304 e. The number of hydrogen-bond donors (Lipinski definition) is 1. The molecule has 2 aromatic rings. The fraction of sp³-hybridized carbons (Fsp3) is 0.250. The normalized spacial score (nSPS) is 16.8. The molecule has 0 saturated heterocycles. The first-order chi connectivity index (χ1) is 10.1. The summed E-state index contributed by atoms with van der Waals surface area (Å²) in [5.41, 5.74) is 2.45. The lowest BCUT2D eigenvalue weighted by molar-refractivity contribution is -0.137. The molecule has 0 fully saturated rings. The predicted octanol–water partition coefficient (Wildman–Crippen LogP) is 2.81. The number of anilines is 1. The van der Waals surface area contributed by atoms with Crippen LogP contribution in [0.5, 0.6) is 0 Å². The molecule has 0 saturated carbocycles. The number of fused-ring (bicyclic) bond motifs is 1. The maximum atomic E-state index is 12.6. The van der Waals surface area contributed by atoms with Crippen LogP contribution in [0.25, 0.3) is 0 Å². The SMILES string of the molecule is Cc1ccoc1C(=O)N1CC(CC(=O)O)c2ccccc21. The van der Waals surface area contributed by atoms with Gasteiger partial charge in [0.05, 0.1) is 12.7 Å². The van der Waals surface area contributed by atoms with Gasteiger partial charge in [-0.05, 0) is 24.6 Å². The highest BCUT2D eigenvalue weighted by atomic mass is 16.4. The zero-order chi connectivity index (χ0) is 15.0. The molecule has 5 nitrogen and oxygen atoms in total. The van der Waals surface area contributed by atoms with E-state index in [9.17, 15) is 9.59 Å². The second-order valence-corrected chi connectivity index (χ2v) is 5.20. The highest BCUT2D eigenvalue weighted by Crippen LogP contribution is 2.38. The highest BCUT2D eigenvalue weighted by molar-refractivity contribution is 6.06. The van der Waals surface area contributed by atoms with Crippen molar-refractivity contribution in [3.8, 4) is 0 Å². The van der Waals surface area contributed by atoms with Gasteiger partial charge in [-0.2, -0.15) is 0 Å². The van der Waals surface area contributed by atoms with Gasteiger partial charge in [0.1, 0.15) is 0 Å². The van der Waals surface area contributed by atoms with E-state index in [-0.39, 0.29) is 18.2 Å². The van der Waals surface area contributed by atoms with Crippen molar-refractivity contribution < 1.29 is 19.1 Å². The van der Waals surface area contributed by atoms with Crippen molar-refractivity contribution in [1.29, 1.82) is 0 Å². The average molecular weight is 285 g/mol. The number of hydrogen-bond acceptors (Lipinski definition) is 3. The Hall–Kier alpha value is -2.56. The number of nitrogens with zero attached hydrogens (tertiary/aromatic N) is 1. The van der Waals surface area contributed by atoms with E-state index in [1.165, 1.54) is 6.26 Å². The van der Waals surface area contributed by atoms with E-state index in [0.29, 0.717) is 12.3 Å². The first kappa shape index (κ1) is 13.4. The van der Waals surface area contributed by atoms with Gasteiger partial charge in [-0.25, -0.2) is 0 Å². The Bertz CT molecular complexity index is 704. The molecule has 1 aromatic carbocycles. The van der Waals surface area contributed by atoms with Crippen LogP contribution in [-0.2, 0) is 4.79 Å². The molecule has 1 atom stereocenters. The van der Waals surface area contributed by atoms with Gasteiger partial charge >= 0.3 is 5.97 Å². The van der Waals surface area contributed by atoms with Gasteiger partial charge in [0, 0.05) is 23.7 Å². The van der Waals surface area contributed by atoms with Crippen molar-refractivity contribution in [2.24, 2.45) is 0 Å². The first-order valence-electron chi connectivity index (χ1n) is 6.74. The summed E-state index contributed by atoms with van der Waals surface area (Å²) in [5.74, 6) is -0.963. The van der Waals surface area contributed by atoms with Gasteiger partial charge < -0.3 is 14.4 Å². The Balaban J connectivity index is 1.96. The first-order valence-corrected chi connectivity index (χ1v) is 6.74. The van der Waals surface area contributed by atoms with Crippen LogP contribution < -0.4 is 4.90 Å². The number of aryl methyl sites for hydroxylation is 1. The third-order valence-electron chi connectivity index (χ3n) is 3.79. The third-order valence-corrected chi connectivity index (χ3v) is 3.79. The Labute approximate surface area is 121 Å². The monoisotopic (exact) mass is 285 g/mol. The maximum Gasteiger partial charge on any atom is 0.304 e. The summed E-state index contributed by atoms with van der Waals surface area (Å²) in [5, 5.41) is 9.03. The molecule has 0 spiro atoms. The molecular weight excluding hydrogens is 270 g/mol. The van der Waals surface area contributed by atoms with Crippen LogP contribution in [0.15, 0.2) is 41.0 Å². The lowest BCUT2D eigenvalue weighted by Gasteiger charge is -2.16. The molecule has 108 valence electrons. The Morgan fingerprint density at radius 1 is 1.33 bits per heavy atom. The summed E-state index contributed by atoms with van der Waals surface area (Å²) in [6.07, 6.45) is 1.50. The number of carbonyl (C=O) groups excluding carboxylic acids is 1. The van der Waals surface area contributed by atoms with Crippen molar-refractivity contribution in [1.82, 2.24) is 0 Å². The number of benzene rings is 1. The molecule has 1 aliphatic rings. The maximum absolute atomic E-state index is 12.6. The van der Waals surface area contributed by atoms with Gasteiger partial charge in [0.15, 0.2) is 5.76 Å². The van der Waals surface area contributed by atoms with E-state index in [0.717, 1.165) is 16.8 Å². The molecule has 1 aromatic heterocycles. The predicted molar refractivity (Wildman–Crippen MR) is 76.6 cm³/mol. The van der Waals surface area contributed by atoms with E-state index in [1.54, 1.807) is 11.0 Å². The van der Waals surface area contributed by atoms with Crippen LogP contribution in [0.1, 0.15) is 34.0 Å². The van der Waals surface area contributed by atoms with Crippen LogP contribution >= 0.6 is 0 Å². The lowest BCUT2D eigenvalue weighted by atomic mass is 9.98. The van der Waals surface area contributed by atoms with E-state index >= 15 is 0 Å². The molecule has 1 N–H and O–H groups in total. The molecule has 0 bridgehead atoms. The zero-order valence-corrected chi connectivity index (χ0v) is 11.6. The zero-order valence-electron chi connectivity index (χ0n) is 11.6. The topological polar surface area (TPSA) is 70.8 Å². The number of amides is 1. The molecule has 2 heterocycles. The minimum Gasteiger partial charge on any atom is -0.481 e. The highest BCUT2D eigenvalue weighted by Gasteiger charge is 2.35. The fourth-order valence-electron chi connectivity index (χ4n) is 2.79.